The fourth-order valence-electron chi connectivity index (χ4n) is 2.27. The van der Waals surface area contributed by atoms with E-state index in [1.54, 1.807) is 13.1 Å². The van der Waals surface area contributed by atoms with E-state index in [0.717, 1.165) is 0 Å². The Balaban J connectivity index is 2.20. The lowest BCUT2D eigenvalue weighted by atomic mass is 10.1. The molecule has 2 N–H and O–H groups in total. The van der Waals surface area contributed by atoms with Crippen LogP contribution in [0.2, 0.25) is 10.0 Å². The monoisotopic (exact) mass is 350 g/mol. The topological polar surface area (TPSA) is 58.2 Å². The van der Waals surface area contributed by atoms with Gasteiger partial charge in [-0.15, -0.1) is 0 Å². The minimum Gasteiger partial charge on any atom is -0.316 e. The van der Waals surface area contributed by atoms with Gasteiger partial charge in [-0.3, -0.25) is 0 Å². The summed E-state index contributed by atoms with van der Waals surface area (Å²) < 4.78 is 27.5. The van der Waals surface area contributed by atoms with Crippen molar-refractivity contribution >= 4 is 33.2 Å². The SMILES string of the molecule is CNCc1c(Cl)ccc(S(=O)(=O)NCC(C)C2CC2)c1Cl. The molecule has 21 heavy (non-hydrogen) atoms. The van der Waals surface area contributed by atoms with Crippen molar-refractivity contribution in [2.45, 2.75) is 31.2 Å². The van der Waals surface area contributed by atoms with Crippen molar-refractivity contribution in [2.75, 3.05) is 13.6 Å². The normalized spacial score (nSPS) is 17.0. The smallest absolute Gasteiger partial charge is 0.242 e. The van der Waals surface area contributed by atoms with Crippen molar-refractivity contribution < 1.29 is 8.42 Å². The zero-order valence-corrected chi connectivity index (χ0v) is 14.4. The zero-order chi connectivity index (χ0) is 15.6. The first kappa shape index (κ1) is 17.0. The molecule has 0 spiro atoms. The summed E-state index contributed by atoms with van der Waals surface area (Å²) >= 11 is 12.3. The highest BCUT2D eigenvalue weighted by atomic mass is 35.5. The third kappa shape index (κ3) is 4.11. The maximum Gasteiger partial charge on any atom is 0.242 e. The molecule has 4 nitrogen and oxygen atoms in total. The molecule has 0 aromatic heterocycles. The van der Waals surface area contributed by atoms with Crippen molar-refractivity contribution in [3.8, 4) is 0 Å². The second-order valence-electron chi connectivity index (χ2n) is 5.53. The van der Waals surface area contributed by atoms with Crippen LogP contribution in [-0.2, 0) is 16.6 Å². The summed E-state index contributed by atoms with van der Waals surface area (Å²) in [7, 11) is -1.86. The van der Waals surface area contributed by atoms with Crippen molar-refractivity contribution in [2.24, 2.45) is 11.8 Å². The summed E-state index contributed by atoms with van der Waals surface area (Å²) in [5.74, 6) is 0.996. The molecular weight excluding hydrogens is 331 g/mol. The van der Waals surface area contributed by atoms with E-state index in [4.69, 9.17) is 23.2 Å². The zero-order valence-electron chi connectivity index (χ0n) is 12.1. The average molecular weight is 351 g/mol. The largest absolute Gasteiger partial charge is 0.316 e. The Bertz CT molecular complexity index is 616. The van der Waals surface area contributed by atoms with Gasteiger partial charge in [-0.1, -0.05) is 30.1 Å². The molecule has 1 aromatic rings. The molecule has 1 aromatic carbocycles. The van der Waals surface area contributed by atoms with Crippen LogP contribution in [0.25, 0.3) is 0 Å². The first-order valence-corrected chi connectivity index (χ1v) is 9.22. The highest BCUT2D eigenvalue weighted by Gasteiger charge is 2.29. The lowest BCUT2D eigenvalue weighted by Crippen LogP contribution is -2.29. The first-order chi connectivity index (χ1) is 9.86. The van der Waals surface area contributed by atoms with Gasteiger partial charge in [-0.25, -0.2) is 13.1 Å². The van der Waals surface area contributed by atoms with Crippen molar-refractivity contribution in [3.63, 3.8) is 0 Å². The number of halogens is 2. The summed E-state index contributed by atoms with van der Waals surface area (Å²) in [5, 5.41) is 3.58. The van der Waals surface area contributed by atoms with Crippen LogP contribution >= 0.6 is 23.2 Å². The molecule has 0 aliphatic heterocycles. The molecule has 0 amide bonds. The predicted octanol–water partition coefficient (Wildman–Crippen LogP) is 3.04. The number of rotatable bonds is 7. The Morgan fingerprint density at radius 1 is 1.33 bits per heavy atom. The molecule has 1 saturated carbocycles. The molecular formula is C14H20Cl2N2O2S. The molecule has 2 rings (SSSR count). The standard InChI is InChI=1S/C14H20Cl2N2O2S/c1-9(10-3-4-10)7-18-21(19,20)13-6-5-12(15)11(8-17-2)14(13)16/h5-6,9-10,17-18H,3-4,7-8H2,1-2H3. The Labute approximate surface area is 136 Å². The molecule has 0 heterocycles. The quantitative estimate of drug-likeness (QED) is 0.794. The van der Waals surface area contributed by atoms with Crippen LogP contribution in [0, 0.1) is 11.8 Å². The fourth-order valence-corrected chi connectivity index (χ4v) is 4.33. The van der Waals surface area contributed by atoms with E-state index in [9.17, 15) is 8.42 Å². The van der Waals surface area contributed by atoms with Gasteiger partial charge in [-0.05, 0) is 43.9 Å². The predicted molar refractivity (Wildman–Crippen MR) is 86.3 cm³/mol. The van der Waals surface area contributed by atoms with Crippen LogP contribution in [0.15, 0.2) is 17.0 Å². The number of benzene rings is 1. The molecule has 1 aliphatic carbocycles. The van der Waals surface area contributed by atoms with Gasteiger partial charge < -0.3 is 5.32 Å². The van der Waals surface area contributed by atoms with Gasteiger partial charge in [0.1, 0.15) is 4.90 Å². The second kappa shape index (κ2) is 6.84. The number of hydrogen-bond acceptors (Lipinski definition) is 3. The Hall–Kier alpha value is -0.330. The van der Waals surface area contributed by atoms with Gasteiger partial charge in [0, 0.05) is 23.7 Å². The molecule has 1 unspecified atom stereocenters. The summed E-state index contributed by atoms with van der Waals surface area (Å²) in [6.45, 7) is 2.92. The fraction of sp³-hybridized carbons (Fsp3) is 0.571. The lowest BCUT2D eigenvalue weighted by molar-refractivity contribution is 0.492. The molecule has 1 atom stereocenters. The highest BCUT2D eigenvalue weighted by Crippen LogP contribution is 2.36. The molecule has 0 saturated heterocycles. The van der Waals surface area contributed by atoms with Crippen LogP contribution < -0.4 is 10.0 Å². The van der Waals surface area contributed by atoms with Gasteiger partial charge >= 0.3 is 0 Å². The second-order valence-corrected chi connectivity index (χ2v) is 8.06. The van der Waals surface area contributed by atoms with Crippen molar-refractivity contribution in [1.29, 1.82) is 0 Å². The van der Waals surface area contributed by atoms with Crippen LogP contribution in [0.5, 0.6) is 0 Å². The van der Waals surface area contributed by atoms with E-state index in [2.05, 4.69) is 17.0 Å². The first-order valence-electron chi connectivity index (χ1n) is 6.98. The van der Waals surface area contributed by atoms with Gasteiger partial charge in [-0.2, -0.15) is 0 Å². The van der Waals surface area contributed by atoms with E-state index in [0.29, 0.717) is 35.5 Å². The minimum atomic E-state index is -3.62. The third-order valence-electron chi connectivity index (χ3n) is 3.82. The number of sulfonamides is 1. The van der Waals surface area contributed by atoms with Gasteiger partial charge in [0.15, 0.2) is 0 Å². The number of hydrogen-bond donors (Lipinski definition) is 2. The Morgan fingerprint density at radius 3 is 2.57 bits per heavy atom. The van der Waals surface area contributed by atoms with Gasteiger partial charge in [0.25, 0.3) is 0 Å². The van der Waals surface area contributed by atoms with E-state index in [1.807, 2.05) is 0 Å². The molecule has 118 valence electrons. The van der Waals surface area contributed by atoms with Crippen LogP contribution in [-0.4, -0.2) is 22.0 Å². The maximum atomic E-state index is 12.4. The molecule has 1 aliphatic rings. The molecule has 7 heteroatoms. The summed E-state index contributed by atoms with van der Waals surface area (Å²) in [6.07, 6.45) is 2.38. The average Bonchev–Trinajstić information content (AvgIpc) is 3.25. The van der Waals surface area contributed by atoms with Crippen LogP contribution in [0.3, 0.4) is 0 Å². The Morgan fingerprint density at radius 2 is 2.00 bits per heavy atom. The van der Waals surface area contributed by atoms with Gasteiger partial charge in [0.2, 0.25) is 10.0 Å². The number of nitrogens with one attached hydrogen (secondary N) is 2. The van der Waals surface area contributed by atoms with E-state index in [-0.39, 0.29) is 9.92 Å². The maximum absolute atomic E-state index is 12.4. The van der Waals surface area contributed by atoms with Crippen molar-refractivity contribution in [3.05, 3.63) is 27.7 Å². The van der Waals surface area contributed by atoms with Crippen LogP contribution in [0.1, 0.15) is 25.3 Å². The lowest BCUT2D eigenvalue weighted by Gasteiger charge is -2.15. The van der Waals surface area contributed by atoms with Gasteiger partial charge in [0.05, 0.1) is 5.02 Å². The van der Waals surface area contributed by atoms with E-state index < -0.39 is 10.0 Å². The van der Waals surface area contributed by atoms with Crippen LogP contribution in [0.4, 0.5) is 0 Å². The minimum absolute atomic E-state index is 0.0850. The summed E-state index contributed by atoms with van der Waals surface area (Å²) in [6, 6.07) is 3.02. The van der Waals surface area contributed by atoms with E-state index >= 15 is 0 Å². The summed E-state index contributed by atoms with van der Waals surface area (Å²) in [5.41, 5.74) is 0.596. The molecule has 0 radical (unpaired) electrons. The summed E-state index contributed by atoms with van der Waals surface area (Å²) in [4.78, 5) is 0.0850. The molecule has 0 bridgehead atoms. The van der Waals surface area contributed by atoms with E-state index in [1.165, 1.54) is 18.9 Å². The third-order valence-corrected chi connectivity index (χ3v) is 6.18. The molecule has 1 fully saturated rings. The highest BCUT2D eigenvalue weighted by molar-refractivity contribution is 7.89. The Kier molecular flexibility index (Phi) is 5.54. The van der Waals surface area contributed by atoms with Crippen molar-refractivity contribution in [1.82, 2.24) is 10.0 Å².